The van der Waals surface area contributed by atoms with Crippen LogP contribution in [0.15, 0.2) is 29.1 Å². The van der Waals surface area contributed by atoms with Gasteiger partial charge in [-0.15, -0.1) is 0 Å². The fourth-order valence-corrected chi connectivity index (χ4v) is 3.27. The van der Waals surface area contributed by atoms with Crippen LogP contribution in [0, 0.1) is 12.8 Å². The first-order valence-electron chi connectivity index (χ1n) is 8.34. The molecule has 0 aliphatic heterocycles. The third-order valence-electron chi connectivity index (χ3n) is 4.62. The second-order valence-electron chi connectivity index (χ2n) is 6.38. The Morgan fingerprint density at radius 1 is 1.09 bits per heavy atom. The lowest BCUT2D eigenvalue weighted by Gasteiger charge is -2.20. The van der Waals surface area contributed by atoms with Crippen molar-refractivity contribution in [1.82, 2.24) is 19.8 Å². The van der Waals surface area contributed by atoms with Crippen LogP contribution in [0.4, 0.5) is 0 Å². The summed E-state index contributed by atoms with van der Waals surface area (Å²) in [4.78, 5) is 12.3. The van der Waals surface area contributed by atoms with E-state index in [1.54, 1.807) is 0 Å². The smallest absolute Gasteiger partial charge is 0.244 e. The van der Waals surface area contributed by atoms with Gasteiger partial charge in [0.25, 0.3) is 0 Å². The Balaban J connectivity index is 1.61. The highest BCUT2D eigenvalue weighted by Gasteiger charge is 2.14. The normalized spacial score (nSPS) is 16.0. The summed E-state index contributed by atoms with van der Waals surface area (Å²) in [7, 11) is 0. The van der Waals surface area contributed by atoms with E-state index >= 15 is 0 Å². The van der Waals surface area contributed by atoms with Crippen molar-refractivity contribution in [3.05, 3.63) is 40.3 Å². The Labute approximate surface area is 130 Å². The van der Waals surface area contributed by atoms with Gasteiger partial charge < -0.3 is 0 Å². The number of nitrogens with zero attached hydrogens (tertiary/aromatic N) is 4. The zero-order valence-corrected chi connectivity index (χ0v) is 13.2. The third-order valence-corrected chi connectivity index (χ3v) is 4.62. The van der Waals surface area contributed by atoms with Crippen LogP contribution in [-0.2, 0) is 6.54 Å². The summed E-state index contributed by atoms with van der Waals surface area (Å²) in [5.41, 5.74) is 1.79. The number of aryl methyl sites for hydroxylation is 2. The van der Waals surface area contributed by atoms with Crippen LogP contribution in [0.25, 0.3) is 5.69 Å². The van der Waals surface area contributed by atoms with Crippen LogP contribution >= 0.6 is 0 Å². The highest BCUT2D eigenvalue weighted by atomic mass is 16.2. The summed E-state index contributed by atoms with van der Waals surface area (Å²) in [6.07, 6.45) is 9.04. The van der Waals surface area contributed by atoms with Crippen molar-refractivity contribution in [2.75, 3.05) is 0 Å². The number of tetrazole rings is 1. The molecule has 3 rings (SSSR count). The average molecular weight is 300 g/mol. The van der Waals surface area contributed by atoms with Crippen molar-refractivity contribution in [1.29, 1.82) is 0 Å². The monoisotopic (exact) mass is 300 g/mol. The van der Waals surface area contributed by atoms with E-state index in [0.717, 1.165) is 23.6 Å². The highest BCUT2D eigenvalue weighted by Crippen LogP contribution is 2.27. The topological polar surface area (TPSA) is 52.7 Å². The molecule has 1 aliphatic carbocycles. The van der Waals surface area contributed by atoms with Crippen LogP contribution in [0.5, 0.6) is 0 Å². The first kappa shape index (κ1) is 15.0. The number of benzene rings is 1. The number of hydrogen-bond donors (Lipinski definition) is 0. The molecule has 0 unspecified atom stereocenters. The minimum absolute atomic E-state index is 0.146. The van der Waals surface area contributed by atoms with Crippen LogP contribution < -0.4 is 5.69 Å². The zero-order valence-electron chi connectivity index (χ0n) is 13.2. The second kappa shape index (κ2) is 6.90. The molecule has 1 aromatic carbocycles. The minimum Gasteiger partial charge on any atom is -0.244 e. The number of aromatic nitrogens is 4. The Morgan fingerprint density at radius 3 is 2.55 bits per heavy atom. The van der Waals surface area contributed by atoms with Crippen molar-refractivity contribution >= 4 is 0 Å². The first-order chi connectivity index (χ1) is 10.7. The van der Waals surface area contributed by atoms with Crippen molar-refractivity contribution in [3.63, 3.8) is 0 Å². The van der Waals surface area contributed by atoms with Crippen molar-refractivity contribution < 1.29 is 0 Å². The Bertz CT molecular complexity index is 650. The average Bonchev–Trinajstić information content (AvgIpc) is 2.90. The van der Waals surface area contributed by atoms with E-state index < -0.39 is 0 Å². The summed E-state index contributed by atoms with van der Waals surface area (Å²) in [6.45, 7) is 2.69. The molecule has 0 spiro atoms. The molecule has 0 atom stereocenters. The largest absolute Gasteiger partial charge is 0.368 e. The van der Waals surface area contributed by atoms with Gasteiger partial charge in [0.1, 0.15) is 0 Å². The molecule has 1 saturated carbocycles. The van der Waals surface area contributed by atoms with Gasteiger partial charge in [-0.2, -0.15) is 9.36 Å². The molecule has 2 aromatic rings. The summed E-state index contributed by atoms with van der Waals surface area (Å²) in [5, 5.41) is 8.01. The van der Waals surface area contributed by atoms with Gasteiger partial charge in [-0.1, -0.05) is 49.8 Å². The molecule has 5 nitrogen and oxygen atoms in total. The van der Waals surface area contributed by atoms with Gasteiger partial charge in [-0.05, 0) is 48.2 Å². The lowest BCUT2D eigenvalue weighted by molar-refractivity contribution is 0.322. The Kier molecular flexibility index (Phi) is 4.71. The molecule has 0 N–H and O–H groups in total. The molecular weight excluding hydrogens is 276 g/mol. The molecule has 0 radical (unpaired) electrons. The summed E-state index contributed by atoms with van der Waals surface area (Å²) < 4.78 is 2.86. The van der Waals surface area contributed by atoms with Crippen LogP contribution in [0.1, 0.15) is 50.5 Å². The number of rotatable bonds is 5. The molecule has 0 bridgehead atoms. The molecule has 1 aromatic heterocycles. The van der Waals surface area contributed by atoms with Crippen LogP contribution in [0.2, 0.25) is 0 Å². The van der Waals surface area contributed by atoms with Gasteiger partial charge in [-0.25, -0.2) is 4.79 Å². The maximum absolute atomic E-state index is 12.3. The van der Waals surface area contributed by atoms with E-state index in [0.29, 0.717) is 6.54 Å². The fourth-order valence-electron chi connectivity index (χ4n) is 3.27. The predicted octanol–water partition coefficient (Wildman–Crippen LogP) is 3.10. The van der Waals surface area contributed by atoms with E-state index in [2.05, 4.69) is 10.4 Å². The SMILES string of the molecule is Cc1ccc(-n2nnn(CCCC3CCCCC3)c2=O)cc1. The Morgan fingerprint density at radius 2 is 1.82 bits per heavy atom. The van der Waals surface area contributed by atoms with E-state index in [9.17, 15) is 4.79 Å². The van der Waals surface area contributed by atoms with E-state index in [4.69, 9.17) is 0 Å². The number of hydrogen-bond acceptors (Lipinski definition) is 3. The summed E-state index contributed by atoms with van der Waals surface area (Å²) in [5.74, 6) is 0.844. The quantitative estimate of drug-likeness (QED) is 0.852. The van der Waals surface area contributed by atoms with Crippen molar-refractivity contribution in [3.8, 4) is 5.69 Å². The molecular formula is C17H24N4O. The molecule has 0 amide bonds. The van der Waals surface area contributed by atoms with Gasteiger partial charge in [0.05, 0.1) is 5.69 Å². The lowest BCUT2D eigenvalue weighted by Crippen LogP contribution is -2.24. The summed E-state index contributed by atoms with van der Waals surface area (Å²) in [6, 6.07) is 7.75. The lowest BCUT2D eigenvalue weighted by atomic mass is 9.86. The summed E-state index contributed by atoms with van der Waals surface area (Å²) >= 11 is 0. The third kappa shape index (κ3) is 3.46. The highest BCUT2D eigenvalue weighted by molar-refractivity contribution is 5.32. The van der Waals surface area contributed by atoms with Gasteiger partial charge in [0.15, 0.2) is 0 Å². The van der Waals surface area contributed by atoms with Gasteiger partial charge >= 0.3 is 5.69 Å². The van der Waals surface area contributed by atoms with Crippen molar-refractivity contribution in [2.24, 2.45) is 5.92 Å². The molecule has 5 heteroatoms. The first-order valence-corrected chi connectivity index (χ1v) is 8.34. The van der Waals surface area contributed by atoms with E-state index in [-0.39, 0.29) is 5.69 Å². The van der Waals surface area contributed by atoms with Crippen LogP contribution in [0.3, 0.4) is 0 Å². The van der Waals surface area contributed by atoms with Crippen molar-refractivity contribution in [2.45, 2.75) is 58.4 Å². The Hall–Kier alpha value is -1.91. The minimum atomic E-state index is -0.146. The molecule has 118 valence electrons. The maximum atomic E-state index is 12.3. The van der Waals surface area contributed by atoms with Gasteiger partial charge in [-0.3, -0.25) is 0 Å². The van der Waals surface area contributed by atoms with Gasteiger partial charge in [0, 0.05) is 6.54 Å². The maximum Gasteiger partial charge on any atom is 0.368 e. The van der Waals surface area contributed by atoms with Crippen LogP contribution in [-0.4, -0.2) is 19.8 Å². The molecule has 1 aliphatic rings. The molecule has 22 heavy (non-hydrogen) atoms. The standard InChI is InChI=1S/C17H24N4O/c1-14-9-11-16(12-10-14)21-17(22)20(18-19-21)13-5-8-15-6-3-2-4-7-15/h9-12,15H,2-8,13H2,1H3. The second-order valence-corrected chi connectivity index (χ2v) is 6.38. The van der Waals surface area contributed by atoms with Gasteiger partial charge in [0.2, 0.25) is 0 Å². The molecule has 1 heterocycles. The molecule has 0 saturated heterocycles. The van der Waals surface area contributed by atoms with E-state index in [1.807, 2.05) is 31.2 Å². The zero-order chi connectivity index (χ0) is 15.4. The fraction of sp³-hybridized carbons (Fsp3) is 0.588. The predicted molar refractivity (Wildman–Crippen MR) is 86.2 cm³/mol. The molecule has 1 fully saturated rings. The van der Waals surface area contributed by atoms with E-state index in [1.165, 1.54) is 47.9 Å².